The molecule has 0 saturated carbocycles. The number of benzene rings is 2. The van der Waals surface area contributed by atoms with Crippen molar-refractivity contribution in [3.05, 3.63) is 58.9 Å². The second kappa shape index (κ2) is 8.01. The molecule has 6 heteroatoms. The number of carbonyl (C=O) groups is 1. The highest BCUT2D eigenvalue weighted by Gasteiger charge is 2.13. The van der Waals surface area contributed by atoms with E-state index in [2.05, 4.69) is 15.6 Å². The van der Waals surface area contributed by atoms with Gasteiger partial charge in [-0.25, -0.2) is 4.98 Å². The van der Waals surface area contributed by atoms with Crippen LogP contribution < -0.4 is 15.4 Å². The zero-order valence-corrected chi connectivity index (χ0v) is 15.8. The number of hydrogen-bond acceptors (Lipinski definition) is 5. The number of nitrogens with zero attached hydrogens (tertiary/aromatic N) is 1. The van der Waals surface area contributed by atoms with E-state index in [0.717, 1.165) is 22.0 Å². The van der Waals surface area contributed by atoms with Crippen LogP contribution in [-0.4, -0.2) is 24.0 Å². The topological polar surface area (TPSA) is 63.2 Å². The molecule has 0 aliphatic heterocycles. The first-order chi connectivity index (χ1) is 12.5. The fraction of sp³-hybridized carbons (Fsp3) is 0.200. The van der Waals surface area contributed by atoms with Crippen LogP contribution in [0.5, 0.6) is 5.75 Å². The molecule has 0 aliphatic carbocycles. The van der Waals surface area contributed by atoms with Crippen molar-refractivity contribution in [2.24, 2.45) is 0 Å². The van der Waals surface area contributed by atoms with Crippen molar-refractivity contribution in [3.63, 3.8) is 0 Å². The van der Waals surface area contributed by atoms with Gasteiger partial charge in [-0.3, -0.25) is 4.79 Å². The predicted molar refractivity (Wildman–Crippen MR) is 107 cm³/mol. The highest BCUT2D eigenvalue weighted by Crippen LogP contribution is 2.23. The lowest BCUT2D eigenvalue weighted by molar-refractivity contribution is -0.116. The van der Waals surface area contributed by atoms with E-state index >= 15 is 0 Å². The first kappa shape index (κ1) is 17.9. The van der Waals surface area contributed by atoms with E-state index in [0.29, 0.717) is 11.4 Å². The third kappa shape index (κ3) is 4.40. The average molecular weight is 367 g/mol. The monoisotopic (exact) mass is 367 g/mol. The summed E-state index contributed by atoms with van der Waals surface area (Å²) in [4.78, 5) is 16.9. The molecule has 1 heterocycles. The van der Waals surface area contributed by atoms with E-state index in [1.807, 2.05) is 61.7 Å². The molecule has 0 aliphatic rings. The molecule has 1 atom stereocenters. The number of amides is 1. The maximum atomic E-state index is 12.4. The van der Waals surface area contributed by atoms with Gasteiger partial charge in [-0.1, -0.05) is 18.2 Å². The van der Waals surface area contributed by atoms with Gasteiger partial charge in [0.15, 0.2) is 0 Å². The Labute approximate surface area is 157 Å². The summed E-state index contributed by atoms with van der Waals surface area (Å²) in [5.74, 6) is 0.591. The SMILES string of the molecule is COc1cccc(NC(=O)[C@@H](C)Nc2ccc(-c3csc(C)n3)cc2)c1. The van der Waals surface area contributed by atoms with E-state index in [1.165, 1.54) is 0 Å². The molecule has 134 valence electrons. The minimum absolute atomic E-state index is 0.113. The lowest BCUT2D eigenvalue weighted by atomic mass is 10.1. The smallest absolute Gasteiger partial charge is 0.246 e. The van der Waals surface area contributed by atoms with Gasteiger partial charge in [-0.15, -0.1) is 11.3 Å². The van der Waals surface area contributed by atoms with Gasteiger partial charge in [0.05, 0.1) is 17.8 Å². The first-order valence-corrected chi connectivity index (χ1v) is 9.17. The van der Waals surface area contributed by atoms with Crippen molar-refractivity contribution in [2.75, 3.05) is 17.7 Å². The quantitative estimate of drug-likeness (QED) is 0.670. The van der Waals surface area contributed by atoms with Crippen molar-refractivity contribution in [1.82, 2.24) is 4.98 Å². The highest BCUT2D eigenvalue weighted by atomic mass is 32.1. The summed E-state index contributed by atoms with van der Waals surface area (Å²) in [7, 11) is 1.60. The fourth-order valence-corrected chi connectivity index (χ4v) is 3.12. The Morgan fingerprint density at radius 2 is 1.92 bits per heavy atom. The van der Waals surface area contributed by atoms with Crippen molar-refractivity contribution in [3.8, 4) is 17.0 Å². The van der Waals surface area contributed by atoms with E-state index in [1.54, 1.807) is 24.5 Å². The summed E-state index contributed by atoms with van der Waals surface area (Å²) in [6.45, 7) is 3.82. The van der Waals surface area contributed by atoms with Crippen LogP contribution in [-0.2, 0) is 4.79 Å². The zero-order chi connectivity index (χ0) is 18.5. The molecule has 3 rings (SSSR count). The van der Waals surface area contributed by atoms with Crippen molar-refractivity contribution in [1.29, 1.82) is 0 Å². The largest absolute Gasteiger partial charge is 0.497 e. The molecule has 0 saturated heterocycles. The second-order valence-electron chi connectivity index (χ2n) is 5.92. The first-order valence-electron chi connectivity index (χ1n) is 8.29. The second-order valence-corrected chi connectivity index (χ2v) is 6.98. The average Bonchev–Trinajstić information content (AvgIpc) is 3.09. The summed E-state index contributed by atoms with van der Waals surface area (Å²) in [5, 5.41) is 9.19. The Balaban J connectivity index is 1.61. The normalized spacial score (nSPS) is 11.7. The summed E-state index contributed by atoms with van der Waals surface area (Å²) < 4.78 is 5.17. The van der Waals surface area contributed by atoms with Gasteiger partial charge >= 0.3 is 0 Å². The number of carbonyl (C=O) groups excluding carboxylic acids is 1. The Bertz CT molecular complexity index is 890. The molecular formula is C20H21N3O2S. The van der Waals surface area contributed by atoms with Gasteiger partial charge in [0.25, 0.3) is 0 Å². The number of hydrogen-bond donors (Lipinski definition) is 2. The molecule has 0 spiro atoms. The number of aryl methyl sites for hydroxylation is 1. The van der Waals surface area contributed by atoms with Crippen LogP contribution in [0.1, 0.15) is 11.9 Å². The van der Waals surface area contributed by atoms with Gasteiger partial charge in [0, 0.05) is 28.4 Å². The molecule has 2 N–H and O–H groups in total. The van der Waals surface area contributed by atoms with Crippen LogP contribution in [0.3, 0.4) is 0 Å². The third-order valence-electron chi connectivity index (χ3n) is 3.91. The zero-order valence-electron chi connectivity index (χ0n) is 14.9. The molecule has 0 unspecified atom stereocenters. The minimum Gasteiger partial charge on any atom is -0.497 e. The Morgan fingerprint density at radius 1 is 1.15 bits per heavy atom. The highest BCUT2D eigenvalue weighted by molar-refractivity contribution is 7.09. The third-order valence-corrected chi connectivity index (χ3v) is 4.69. The van der Waals surface area contributed by atoms with E-state index in [-0.39, 0.29) is 11.9 Å². The van der Waals surface area contributed by atoms with Gasteiger partial charge in [-0.2, -0.15) is 0 Å². The lowest BCUT2D eigenvalue weighted by Gasteiger charge is -2.16. The molecule has 5 nitrogen and oxygen atoms in total. The van der Waals surface area contributed by atoms with Gasteiger partial charge < -0.3 is 15.4 Å². The Hall–Kier alpha value is -2.86. The number of ether oxygens (including phenoxy) is 1. The Morgan fingerprint density at radius 3 is 2.58 bits per heavy atom. The van der Waals surface area contributed by atoms with Crippen molar-refractivity contribution >= 4 is 28.6 Å². The molecule has 2 aromatic carbocycles. The lowest BCUT2D eigenvalue weighted by Crippen LogP contribution is -2.31. The minimum atomic E-state index is -0.381. The molecule has 0 bridgehead atoms. The molecule has 0 radical (unpaired) electrons. The maximum Gasteiger partial charge on any atom is 0.246 e. The van der Waals surface area contributed by atoms with E-state index in [4.69, 9.17) is 4.74 Å². The summed E-state index contributed by atoms with van der Waals surface area (Å²) >= 11 is 1.63. The number of anilines is 2. The van der Waals surface area contributed by atoms with E-state index < -0.39 is 0 Å². The molecule has 1 amide bonds. The van der Waals surface area contributed by atoms with Crippen LogP contribution in [0.4, 0.5) is 11.4 Å². The number of methoxy groups -OCH3 is 1. The van der Waals surface area contributed by atoms with Gasteiger partial charge in [0.1, 0.15) is 11.8 Å². The fourth-order valence-electron chi connectivity index (χ4n) is 2.50. The van der Waals surface area contributed by atoms with Crippen LogP contribution >= 0.6 is 11.3 Å². The number of thiazole rings is 1. The van der Waals surface area contributed by atoms with Gasteiger partial charge in [-0.05, 0) is 38.1 Å². The van der Waals surface area contributed by atoms with Crippen LogP contribution in [0, 0.1) is 6.92 Å². The molecule has 26 heavy (non-hydrogen) atoms. The summed E-state index contributed by atoms with van der Waals surface area (Å²) in [6, 6.07) is 14.8. The van der Waals surface area contributed by atoms with Crippen LogP contribution in [0.2, 0.25) is 0 Å². The number of rotatable bonds is 6. The standard InChI is InChI=1S/C20H21N3O2S/c1-13(20(24)23-17-5-4-6-18(11-17)25-3)21-16-9-7-15(8-10-16)19-12-26-14(2)22-19/h4-13,21H,1-3H3,(H,23,24)/t13-/m1/s1. The summed E-state index contributed by atoms with van der Waals surface area (Å²) in [5.41, 5.74) is 3.63. The molecule has 0 fully saturated rings. The number of nitrogens with one attached hydrogen (secondary N) is 2. The van der Waals surface area contributed by atoms with E-state index in [9.17, 15) is 4.79 Å². The van der Waals surface area contributed by atoms with Crippen molar-refractivity contribution < 1.29 is 9.53 Å². The maximum absolute atomic E-state index is 12.4. The molecule has 1 aromatic heterocycles. The van der Waals surface area contributed by atoms with Crippen molar-refractivity contribution in [2.45, 2.75) is 19.9 Å². The van der Waals surface area contributed by atoms with Crippen LogP contribution in [0.15, 0.2) is 53.9 Å². The molecule has 3 aromatic rings. The van der Waals surface area contributed by atoms with Gasteiger partial charge in [0.2, 0.25) is 5.91 Å². The number of aromatic nitrogens is 1. The molecular weight excluding hydrogens is 346 g/mol. The Kier molecular flexibility index (Phi) is 5.53. The predicted octanol–water partition coefficient (Wildman–Crippen LogP) is 4.57. The van der Waals surface area contributed by atoms with Crippen LogP contribution in [0.25, 0.3) is 11.3 Å². The summed E-state index contributed by atoms with van der Waals surface area (Å²) in [6.07, 6.45) is 0.